The molecule has 1 aliphatic carbocycles. The van der Waals surface area contributed by atoms with Gasteiger partial charge in [0.15, 0.2) is 5.78 Å². The van der Waals surface area contributed by atoms with Gasteiger partial charge in [-0.25, -0.2) is 4.79 Å². The zero-order valence-electron chi connectivity index (χ0n) is 11.3. The molecule has 2 N–H and O–H groups in total. The van der Waals surface area contributed by atoms with Crippen molar-refractivity contribution in [2.24, 2.45) is 17.3 Å². The number of carbonyl (C=O) groups excluding carboxylic acids is 1. The van der Waals surface area contributed by atoms with Gasteiger partial charge < -0.3 is 10.4 Å². The highest BCUT2D eigenvalue weighted by Gasteiger charge is 2.63. The number of Topliss-reactive ketones (excluding diaryl/α,β-unsaturated/α-hetero) is 1. The molecule has 0 aromatic heterocycles. The average molecular weight is 254 g/mol. The second kappa shape index (κ2) is 4.53. The summed E-state index contributed by atoms with van der Waals surface area (Å²) < 4.78 is 0. The number of ketones is 1. The van der Waals surface area contributed by atoms with Crippen molar-refractivity contribution < 1.29 is 14.7 Å². The Bertz CT molecular complexity index is 369. The summed E-state index contributed by atoms with van der Waals surface area (Å²) in [5.74, 6) is 0.842. The van der Waals surface area contributed by atoms with E-state index in [0.717, 1.165) is 19.4 Å². The van der Waals surface area contributed by atoms with Gasteiger partial charge in [-0.1, -0.05) is 20.8 Å². The van der Waals surface area contributed by atoms with Crippen LogP contribution in [-0.4, -0.2) is 41.1 Å². The van der Waals surface area contributed by atoms with Gasteiger partial charge >= 0.3 is 6.09 Å². The van der Waals surface area contributed by atoms with Gasteiger partial charge in [0.05, 0.1) is 12.7 Å². The first-order chi connectivity index (χ1) is 8.38. The highest BCUT2D eigenvalue weighted by molar-refractivity contribution is 5.87. The van der Waals surface area contributed by atoms with E-state index in [1.165, 1.54) is 0 Å². The molecule has 3 atom stereocenters. The maximum absolute atomic E-state index is 12.4. The fourth-order valence-electron chi connectivity index (χ4n) is 3.34. The normalized spacial score (nSPS) is 35.1. The van der Waals surface area contributed by atoms with E-state index in [1.807, 2.05) is 18.7 Å². The van der Waals surface area contributed by atoms with Crippen LogP contribution < -0.4 is 5.32 Å². The molecule has 1 amide bonds. The van der Waals surface area contributed by atoms with Gasteiger partial charge in [0.25, 0.3) is 0 Å². The van der Waals surface area contributed by atoms with Crippen molar-refractivity contribution in [2.45, 2.75) is 39.7 Å². The lowest BCUT2D eigenvalue weighted by molar-refractivity contribution is -0.128. The number of nitrogens with zero attached hydrogens (tertiary/aromatic N) is 1. The number of nitrogens with one attached hydrogen (secondary N) is 1. The minimum Gasteiger partial charge on any atom is -0.465 e. The standard InChI is InChI=1S/C13H22N2O3/c1-8(2)10(16)11-13(6-9(13)3)4-5-15(11)7-14-12(17)18/h8-9,11,14H,4-7H2,1-3H3,(H,17,18)/t9-,11?,13+/m1/s1. The number of hydrogen-bond donors (Lipinski definition) is 2. The van der Waals surface area contributed by atoms with Gasteiger partial charge in [0.1, 0.15) is 0 Å². The smallest absolute Gasteiger partial charge is 0.405 e. The topological polar surface area (TPSA) is 69.6 Å². The Labute approximate surface area is 108 Å². The van der Waals surface area contributed by atoms with Gasteiger partial charge in [-0.2, -0.15) is 0 Å². The number of hydrogen-bond acceptors (Lipinski definition) is 3. The maximum Gasteiger partial charge on any atom is 0.405 e. The fourth-order valence-corrected chi connectivity index (χ4v) is 3.34. The van der Waals surface area contributed by atoms with Crippen LogP contribution in [0.2, 0.25) is 0 Å². The van der Waals surface area contributed by atoms with E-state index in [4.69, 9.17) is 5.11 Å². The van der Waals surface area contributed by atoms with Crippen LogP contribution in [0, 0.1) is 17.3 Å². The highest BCUT2D eigenvalue weighted by Crippen LogP contribution is 2.62. The fraction of sp³-hybridized carbons (Fsp3) is 0.846. The molecular formula is C13H22N2O3. The molecule has 0 radical (unpaired) electrons. The molecule has 2 fully saturated rings. The van der Waals surface area contributed by atoms with Crippen LogP contribution in [0.5, 0.6) is 0 Å². The predicted molar refractivity (Wildman–Crippen MR) is 67.2 cm³/mol. The molecule has 102 valence electrons. The van der Waals surface area contributed by atoms with Crippen molar-refractivity contribution in [1.29, 1.82) is 0 Å². The summed E-state index contributed by atoms with van der Waals surface area (Å²) >= 11 is 0. The van der Waals surface area contributed by atoms with Crippen LogP contribution in [0.4, 0.5) is 4.79 Å². The minimum atomic E-state index is -1.03. The Morgan fingerprint density at radius 2 is 2.11 bits per heavy atom. The van der Waals surface area contributed by atoms with E-state index in [1.54, 1.807) is 0 Å². The van der Waals surface area contributed by atoms with Crippen molar-refractivity contribution in [3.05, 3.63) is 0 Å². The zero-order valence-corrected chi connectivity index (χ0v) is 11.3. The Hall–Kier alpha value is -1.10. The first-order valence-electron chi connectivity index (χ1n) is 6.63. The molecule has 1 heterocycles. The molecule has 5 nitrogen and oxygen atoms in total. The third kappa shape index (κ3) is 2.11. The molecule has 1 aliphatic heterocycles. The Morgan fingerprint density at radius 3 is 2.56 bits per heavy atom. The quantitative estimate of drug-likeness (QED) is 0.798. The van der Waals surface area contributed by atoms with Crippen LogP contribution in [0.1, 0.15) is 33.6 Å². The molecular weight excluding hydrogens is 232 g/mol. The molecule has 1 saturated heterocycles. The van der Waals surface area contributed by atoms with E-state index >= 15 is 0 Å². The van der Waals surface area contributed by atoms with Crippen molar-refractivity contribution in [2.75, 3.05) is 13.2 Å². The minimum absolute atomic E-state index is 0.00473. The molecule has 18 heavy (non-hydrogen) atoms. The van der Waals surface area contributed by atoms with Gasteiger partial charge in [-0.15, -0.1) is 0 Å². The van der Waals surface area contributed by atoms with Crippen LogP contribution in [0.3, 0.4) is 0 Å². The van der Waals surface area contributed by atoms with Crippen LogP contribution in [0.25, 0.3) is 0 Å². The Balaban J connectivity index is 2.11. The van der Waals surface area contributed by atoms with Crippen LogP contribution >= 0.6 is 0 Å². The Morgan fingerprint density at radius 1 is 1.50 bits per heavy atom. The number of likely N-dealkylation sites (tertiary alicyclic amines) is 1. The number of carboxylic acid groups (broad SMARTS) is 1. The number of carbonyl (C=O) groups is 2. The highest BCUT2D eigenvalue weighted by atomic mass is 16.4. The van der Waals surface area contributed by atoms with Gasteiger partial charge in [0.2, 0.25) is 0 Å². The number of amides is 1. The summed E-state index contributed by atoms with van der Waals surface area (Å²) in [6.07, 6.45) is 1.08. The van der Waals surface area contributed by atoms with E-state index in [2.05, 4.69) is 12.2 Å². The van der Waals surface area contributed by atoms with Gasteiger partial charge in [-0.3, -0.25) is 9.69 Å². The first kappa shape index (κ1) is 13.3. The van der Waals surface area contributed by atoms with Crippen molar-refractivity contribution >= 4 is 11.9 Å². The van der Waals surface area contributed by atoms with E-state index < -0.39 is 6.09 Å². The summed E-state index contributed by atoms with van der Waals surface area (Å²) in [7, 11) is 0. The number of rotatable bonds is 4. The maximum atomic E-state index is 12.4. The second-order valence-electron chi connectivity index (χ2n) is 6.00. The van der Waals surface area contributed by atoms with Crippen LogP contribution in [-0.2, 0) is 4.79 Å². The molecule has 2 rings (SSSR count). The van der Waals surface area contributed by atoms with E-state index in [0.29, 0.717) is 5.92 Å². The van der Waals surface area contributed by atoms with Crippen molar-refractivity contribution in [3.8, 4) is 0 Å². The molecule has 1 unspecified atom stereocenters. The molecule has 5 heteroatoms. The summed E-state index contributed by atoms with van der Waals surface area (Å²) in [6, 6.07) is -0.0978. The molecule has 0 aromatic rings. The summed E-state index contributed by atoms with van der Waals surface area (Å²) in [6.45, 7) is 7.10. The largest absolute Gasteiger partial charge is 0.465 e. The first-order valence-corrected chi connectivity index (χ1v) is 6.63. The zero-order chi connectivity index (χ0) is 13.5. The lowest BCUT2D eigenvalue weighted by Gasteiger charge is -2.28. The van der Waals surface area contributed by atoms with Crippen molar-refractivity contribution in [3.63, 3.8) is 0 Å². The average Bonchev–Trinajstić information content (AvgIpc) is 2.78. The monoisotopic (exact) mass is 254 g/mol. The molecule has 1 saturated carbocycles. The lowest BCUT2D eigenvalue weighted by atomic mass is 9.87. The third-order valence-electron chi connectivity index (χ3n) is 4.55. The second-order valence-corrected chi connectivity index (χ2v) is 6.00. The van der Waals surface area contributed by atoms with E-state index in [9.17, 15) is 9.59 Å². The SMILES string of the molecule is CC(C)C(=O)C1N(CNC(=O)O)CC[C@@]12C[C@H]2C. The van der Waals surface area contributed by atoms with Gasteiger partial charge in [0, 0.05) is 12.5 Å². The Kier molecular flexibility index (Phi) is 3.36. The lowest BCUT2D eigenvalue weighted by Crippen LogP contribution is -2.47. The van der Waals surface area contributed by atoms with E-state index in [-0.39, 0.29) is 29.8 Å². The summed E-state index contributed by atoms with van der Waals surface area (Å²) in [5.41, 5.74) is 0.127. The third-order valence-corrected chi connectivity index (χ3v) is 4.55. The van der Waals surface area contributed by atoms with Gasteiger partial charge in [-0.05, 0) is 24.2 Å². The van der Waals surface area contributed by atoms with Crippen LogP contribution in [0.15, 0.2) is 0 Å². The summed E-state index contributed by atoms with van der Waals surface area (Å²) in [5, 5.41) is 11.1. The predicted octanol–water partition coefficient (Wildman–Crippen LogP) is 1.54. The molecule has 1 spiro atoms. The summed E-state index contributed by atoms with van der Waals surface area (Å²) in [4.78, 5) is 25.0. The molecule has 0 bridgehead atoms. The molecule has 2 aliphatic rings. The van der Waals surface area contributed by atoms with Crippen molar-refractivity contribution in [1.82, 2.24) is 10.2 Å². The molecule has 0 aromatic carbocycles.